The molecule has 3 nitrogen and oxygen atoms in total. The van der Waals surface area contributed by atoms with Crippen LogP contribution in [0.2, 0.25) is 5.02 Å². The zero-order chi connectivity index (χ0) is 12.4. The van der Waals surface area contributed by atoms with E-state index in [0.29, 0.717) is 17.1 Å². The minimum absolute atomic E-state index is 0.0112. The second kappa shape index (κ2) is 5.07. The van der Waals surface area contributed by atoms with Crippen molar-refractivity contribution in [3.05, 3.63) is 28.8 Å². The van der Waals surface area contributed by atoms with Crippen LogP contribution in [0.4, 0.5) is 5.69 Å². The number of anilines is 1. The third-order valence-electron chi connectivity index (χ3n) is 3.09. The minimum Gasteiger partial charge on any atom is -0.391 e. The Hall–Kier alpha value is -1.06. The molecule has 0 unspecified atom stereocenters. The first-order valence-corrected chi connectivity index (χ1v) is 6.19. The number of halogens is 1. The molecule has 0 spiro atoms. The molecule has 0 radical (unpaired) electrons. The van der Waals surface area contributed by atoms with Crippen molar-refractivity contribution in [2.75, 3.05) is 18.0 Å². The molecule has 1 saturated heterocycles. The Labute approximate surface area is 106 Å². The van der Waals surface area contributed by atoms with E-state index in [-0.39, 0.29) is 11.9 Å². The molecule has 4 heteroatoms. The van der Waals surface area contributed by atoms with Crippen LogP contribution in [0.5, 0.6) is 0 Å². The zero-order valence-corrected chi connectivity index (χ0v) is 10.6. The van der Waals surface area contributed by atoms with Gasteiger partial charge in [-0.3, -0.25) is 4.79 Å². The van der Waals surface area contributed by atoms with Crippen LogP contribution in [0.25, 0.3) is 0 Å². The van der Waals surface area contributed by atoms with Gasteiger partial charge < -0.3 is 10.0 Å². The SMILES string of the molecule is CC(=O)c1ccc(N2CCC[C@H](O)C2)c(Cl)c1. The maximum atomic E-state index is 11.2. The van der Waals surface area contributed by atoms with Gasteiger partial charge in [0.2, 0.25) is 0 Å². The second-order valence-electron chi connectivity index (χ2n) is 4.46. The predicted octanol–water partition coefficient (Wildman–Crippen LogP) is 2.50. The molecule has 1 atom stereocenters. The Kier molecular flexibility index (Phi) is 3.69. The fourth-order valence-corrected chi connectivity index (χ4v) is 2.46. The fourth-order valence-electron chi connectivity index (χ4n) is 2.16. The molecular formula is C13H16ClNO2. The van der Waals surface area contributed by atoms with E-state index in [1.165, 1.54) is 6.92 Å². The number of aliphatic hydroxyl groups is 1. The number of rotatable bonds is 2. The van der Waals surface area contributed by atoms with Gasteiger partial charge in [-0.05, 0) is 38.0 Å². The van der Waals surface area contributed by atoms with Crippen LogP contribution in [0.3, 0.4) is 0 Å². The Balaban J connectivity index is 2.23. The number of Topliss-reactive ketones (excluding diaryl/α,β-unsaturated/α-hetero) is 1. The molecule has 1 fully saturated rings. The Morgan fingerprint density at radius 3 is 2.88 bits per heavy atom. The monoisotopic (exact) mass is 253 g/mol. The first kappa shape index (κ1) is 12.4. The molecule has 1 aliphatic rings. The van der Waals surface area contributed by atoms with Crippen molar-refractivity contribution < 1.29 is 9.90 Å². The highest BCUT2D eigenvalue weighted by atomic mass is 35.5. The zero-order valence-electron chi connectivity index (χ0n) is 9.82. The lowest BCUT2D eigenvalue weighted by Gasteiger charge is -2.32. The van der Waals surface area contributed by atoms with Crippen LogP contribution < -0.4 is 4.90 Å². The average molecular weight is 254 g/mol. The van der Waals surface area contributed by atoms with E-state index >= 15 is 0 Å². The van der Waals surface area contributed by atoms with E-state index in [9.17, 15) is 9.90 Å². The molecule has 0 saturated carbocycles. The number of carbonyl (C=O) groups is 1. The van der Waals surface area contributed by atoms with E-state index in [4.69, 9.17) is 11.6 Å². The lowest BCUT2D eigenvalue weighted by Crippen LogP contribution is -2.38. The van der Waals surface area contributed by atoms with Crippen molar-refractivity contribution in [1.82, 2.24) is 0 Å². The van der Waals surface area contributed by atoms with Crippen molar-refractivity contribution in [3.63, 3.8) is 0 Å². The summed E-state index contributed by atoms with van der Waals surface area (Å²) in [6.45, 7) is 3.03. The quantitative estimate of drug-likeness (QED) is 0.824. The van der Waals surface area contributed by atoms with Gasteiger partial charge in [0.15, 0.2) is 5.78 Å². The third kappa shape index (κ3) is 2.79. The smallest absolute Gasteiger partial charge is 0.159 e. The lowest BCUT2D eigenvalue weighted by atomic mass is 10.1. The molecule has 0 bridgehead atoms. The fraction of sp³-hybridized carbons (Fsp3) is 0.462. The van der Waals surface area contributed by atoms with E-state index in [1.807, 2.05) is 6.07 Å². The summed E-state index contributed by atoms with van der Waals surface area (Å²) in [6, 6.07) is 5.34. The first-order valence-electron chi connectivity index (χ1n) is 5.81. The van der Waals surface area contributed by atoms with Crippen molar-refractivity contribution in [2.24, 2.45) is 0 Å². The van der Waals surface area contributed by atoms with Crippen molar-refractivity contribution in [1.29, 1.82) is 0 Å². The van der Waals surface area contributed by atoms with Crippen molar-refractivity contribution in [3.8, 4) is 0 Å². The van der Waals surface area contributed by atoms with E-state index < -0.39 is 0 Å². The van der Waals surface area contributed by atoms with E-state index in [1.54, 1.807) is 12.1 Å². The van der Waals surface area contributed by atoms with Gasteiger partial charge in [-0.2, -0.15) is 0 Å². The second-order valence-corrected chi connectivity index (χ2v) is 4.87. The molecule has 92 valence electrons. The summed E-state index contributed by atoms with van der Waals surface area (Å²) < 4.78 is 0. The topological polar surface area (TPSA) is 40.5 Å². The summed E-state index contributed by atoms with van der Waals surface area (Å²) in [7, 11) is 0. The molecule has 1 aromatic carbocycles. The maximum absolute atomic E-state index is 11.2. The summed E-state index contributed by atoms with van der Waals surface area (Å²) in [5, 5.41) is 10.2. The van der Waals surface area contributed by atoms with Gasteiger partial charge in [0.25, 0.3) is 0 Å². The summed E-state index contributed by atoms with van der Waals surface area (Å²) in [5.74, 6) is 0.0112. The number of β-amino-alcohol motifs (C(OH)–C–C–N with tert-alkyl or cyclic N) is 1. The van der Waals surface area contributed by atoms with Crippen LogP contribution >= 0.6 is 11.6 Å². The van der Waals surface area contributed by atoms with Gasteiger partial charge in [0, 0.05) is 18.7 Å². The normalized spacial score (nSPS) is 20.4. The standard InChI is InChI=1S/C13H16ClNO2/c1-9(16)10-4-5-13(12(14)7-10)15-6-2-3-11(17)8-15/h4-5,7,11,17H,2-3,6,8H2,1H3/t11-/m0/s1. The molecular weight excluding hydrogens is 238 g/mol. The molecule has 17 heavy (non-hydrogen) atoms. The van der Waals surface area contributed by atoms with Crippen LogP contribution in [-0.2, 0) is 0 Å². The van der Waals surface area contributed by atoms with E-state index in [2.05, 4.69) is 4.90 Å². The number of ketones is 1. The summed E-state index contributed by atoms with van der Waals surface area (Å²) in [5.41, 5.74) is 1.52. The first-order chi connectivity index (χ1) is 8.08. The number of aliphatic hydroxyl groups excluding tert-OH is 1. The number of benzene rings is 1. The average Bonchev–Trinajstić information content (AvgIpc) is 2.28. The molecule has 2 rings (SSSR count). The van der Waals surface area contributed by atoms with Gasteiger partial charge in [-0.15, -0.1) is 0 Å². The summed E-state index contributed by atoms with van der Waals surface area (Å²) in [4.78, 5) is 13.3. The molecule has 1 N–H and O–H groups in total. The molecule has 1 heterocycles. The Morgan fingerprint density at radius 2 is 2.29 bits per heavy atom. The van der Waals surface area contributed by atoms with Crippen LogP contribution in [0.1, 0.15) is 30.1 Å². The van der Waals surface area contributed by atoms with Crippen molar-refractivity contribution in [2.45, 2.75) is 25.9 Å². The number of nitrogens with zero attached hydrogens (tertiary/aromatic N) is 1. The van der Waals surface area contributed by atoms with Gasteiger partial charge >= 0.3 is 0 Å². The maximum Gasteiger partial charge on any atom is 0.159 e. The highest BCUT2D eigenvalue weighted by molar-refractivity contribution is 6.33. The van der Waals surface area contributed by atoms with Crippen LogP contribution in [-0.4, -0.2) is 30.1 Å². The Bertz CT molecular complexity index is 433. The van der Waals surface area contributed by atoms with Crippen LogP contribution in [0.15, 0.2) is 18.2 Å². The van der Waals surface area contributed by atoms with E-state index in [0.717, 1.165) is 25.1 Å². The largest absolute Gasteiger partial charge is 0.391 e. The Morgan fingerprint density at radius 1 is 1.53 bits per heavy atom. The van der Waals surface area contributed by atoms with Crippen molar-refractivity contribution >= 4 is 23.1 Å². The van der Waals surface area contributed by atoms with Gasteiger partial charge in [-0.1, -0.05) is 11.6 Å². The van der Waals surface area contributed by atoms with Gasteiger partial charge in [-0.25, -0.2) is 0 Å². The number of hydrogen-bond donors (Lipinski definition) is 1. The highest BCUT2D eigenvalue weighted by Gasteiger charge is 2.19. The molecule has 0 aliphatic carbocycles. The molecule has 1 aliphatic heterocycles. The molecule has 0 aromatic heterocycles. The van der Waals surface area contributed by atoms with Gasteiger partial charge in [0.1, 0.15) is 0 Å². The summed E-state index contributed by atoms with van der Waals surface area (Å²) >= 11 is 6.18. The highest BCUT2D eigenvalue weighted by Crippen LogP contribution is 2.29. The summed E-state index contributed by atoms with van der Waals surface area (Å²) in [6.07, 6.45) is 1.53. The lowest BCUT2D eigenvalue weighted by molar-refractivity contribution is 0.101. The number of hydrogen-bond acceptors (Lipinski definition) is 3. The van der Waals surface area contributed by atoms with Gasteiger partial charge in [0.05, 0.1) is 16.8 Å². The molecule has 1 aromatic rings. The minimum atomic E-state index is -0.285. The predicted molar refractivity (Wildman–Crippen MR) is 68.9 cm³/mol. The molecule has 0 amide bonds. The van der Waals surface area contributed by atoms with Crippen LogP contribution in [0, 0.1) is 0 Å². The number of carbonyl (C=O) groups excluding carboxylic acids is 1. The third-order valence-corrected chi connectivity index (χ3v) is 3.39. The number of piperidine rings is 1.